The third-order valence-corrected chi connectivity index (χ3v) is 9.67. The molecule has 1 amide bonds. The van der Waals surface area contributed by atoms with Crippen molar-refractivity contribution in [1.29, 1.82) is 0 Å². The molecule has 298 valence electrons. The quantitative estimate of drug-likeness (QED) is 0.118. The first kappa shape index (κ1) is 42.6. The van der Waals surface area contributed by atoms with Gasteiger partial charge in [0.25, 0.3) is 0 Å². The van der Waals surface area contributed by atoms with Crippen LogP contribution in [-0.2, 0) is 63.7 Å². The highest BCUT2D eigenvalue weighted by Crippen LogP contribution is 2.42. The molecule has 53 heavy (non-hydrogen) atoms. The Labute approximate surface area is 313 Å². The molecule has 0 aromatic heterocycles. The fraction of sp³-hybridized carbons (Fsp3) is 0.744. The zero-order valence-electron chi connectivity index (χ0n) is 32.3. The fourth-order valence-electron chi connectivity index (χ4n) is 7.50. The first-order chi connectivity index (χ1) is 25.3. The van der Waals surface area contributed by atoms with Crippen molar-refractivity contribution in [3.63, 3.8) is 0 Å². The van der Waals surface area contributed by atoms with Crippen molar-refractivity contribution in [3.8, 4) is 0 Å². The topological polar surface area (TPSA) is 166 Å². The van der Waals surface area contributed by atoms with Crippen LogP contribution in [0, 0.1) is 5.92 Å². The van der Waals surface area contributed by atoms with Gasteiger partial charge in [0.05, 0.1) is 31.4 Å². The van der Waals surface area contributed by atoms with Crippen molar-refractivity contribution < 1.29 is 57.1 Å². The Morgan fingerprint density at radius 3 is 2.13 bits per heavy atom. The SMILES string of the molecule is CCCCCCCCO[C@@H]1O[C@H](COC(C)=O)[C@@H](OC(C)=O)[C@H](N[C@@H]2C[C@H](COCc3ccccc3)[C@@H]3OC(C)(C)O[C@@H]3[C@H]2OC(C)=O)[C@H]1NC(C)=O. The second-order valence-electron chi connectivity index (χ2n) is 14.7. The van der Waals surface area contributed by atoms with E-state index in [-0.39, 0.29) is 18.4 Å². The molecule has 0 spiro atoms. The van der Waals surface area contributed by atoms with E-state index >= 15 is 0 Å². The average molecular weight is 749 g/mol. The molecule has 1 aliphatic carbocycles. The maximum absolute atomic E-state index is 12.8. The van der Waals surface area contributed by atoms with Gasteiger partial charge in [0.1, 0.15) is 31.0 Å². The van der Waals surface area contributed by atoms with E-state index in [4.69, 9.17) is 37.9 Å². The zero-order chi connectivity index (χ0) is 38.5. The fourth-order valence-corrected chi connectivity index (χ4v) is 7.50. The Hall–Kier alpha value is -3.14. The van der Waals surface area contributed by atoms with Crippen LogP contribution in [0.1, 0.15) is 99.0 Å². The molecule has 0 unspecified atom stereocenters. The van der Waals surface area contributed by atoms with E-state index < -0.39 is 78.6 Å². The van der Waals surface area contributed by atoms with Gasteiger partial charge in [0.15, 0.2) is 12.1 Å². The van der Waals surface area contributed by atoms with Crippen molar-refractivity contribution in [2.24, 2.45) is 5.92 Å². The van der Waals surface area contributed by atoms with Crippen LogP contribution in [0.3, 0.4) is 0 Å². The van der Waals surface area contributed by atoms with Crippen LogP contribution in [0.4, 0.5) is 0 Å². The summed E-state index contributed by atoms with van der Waals surface area (Å²) in [6.07, 6.45) is 1.69. The number of nitrogens with one attached hydrogen (secondary N) is 2. The third kappa shape index (κ3) is 13.0. The smallest absolute Gasteiger partial charge is 0.303 e. The number of benzene rings is 1. The van der Waals surface area contributed by atoms with Gasteiger partial charge in [-0.3, -0.25) is 19.2 Å². The summed E-state index contributed by atoms with van der Waals surface area (Å²) in [5, 5.41) is 6.58. The summed E-state index contributed by atoms with van der Waals surface area (Å²) in [7, 11) is 0. The average Bonchev–Trinajstić information content (AvgIpc) is 3.42. The lowest BCUT2D eigenvalue weighted by molar-refractivity contribution is -0.258. The molecular weight excluding hydrogens is 688 g/mol. The molecular formula is C39H60N2O12. The van der Waals surface area contributed by atoms with E-state index in [0.717, 1.165) is 37.7 Å². The molecule has 4 rings (SSSR count). The predicted molar refractivity (Wildman–Crippen MR) is 192 cm³/mol. The highest BCUT2D eigenvalue weighted by atomic mass is 16.8. The summed E-state index contributed by atoms with van der Waals surface area (Å²) in [5.41, 5.74) is 1.02. The van der Waals surface area contributed by atoms with Gasteiger partial charge in [-0.2, -0.15) is 0 Å². The van der Waals surface area contributed by atoms with Gasteiger partial charge in [0, 0.05) is 46.3 Å². The first-order valence-corrected chi connectivity index (χ1v) is 19.0. The predicted octanol–water partition coefficient (Wildman–Crippen LogP) is 4.10. The van der Waals surface area contributed by atoms with Crippen LogP contribution in [0.5, 0.6) is 0 Å². The molecule has 3 fully saturated rings. The lowest BCUT2D eigenvalue weighted by Gasteiger charge is -2.49. The standard InChI is InChI=1S/C39H60N2O12/c1-8-9-10-11-12-16-19-47-38-33(40-24(2)42)32(36(50-27(5)45)31(51-38)23-48-25(3)43)41-30-20-29(22-46-21-28-17-14-13-15-18-28)34-37(35(30)49-26(4)44)53-39(6,7)52-34/h13-15,17-18,29-38,41H,8-12,16,19-23H2,1-7H3,(H,40,42)/t29-,30-,31-,32-,33-,34+,35+,36-,37+,38-/m1/s1. The number of unbranched alkanes of at least 4 members (excludes halogenated alkanes) is 5. The van der Waals surface area contributed by atoms with E-state index in [1.54, 1.807) is 0 Å². The summed E-state index contributed by atoms with van der Waals surface area (Å²) in [5.74, 6) is -3.20. The molecule has 2 aliphatic heterocycles. The van der Waals surface area contributed by atoms with Crippen LogP contribution in [0.25, 0.3) is 0 Å². The second-order valence-corrected chi connectivity index (χ2v) is 14.7. The van der Waals surface area contributed by atoms with E-state index in [1.165, 1.54) is 34.1 Å². The number of ether oxygens (including phenoxy) is 8. The Morgan fingerprint density at radius 1 is 0.811 bits per heavy atom. The molecule has 2 saturated heterocycles. The lowest BCUT2D eigenvalue weighted by Crippen LogP contribution is -2.73. The van der Waals surface area contributed by atoms with Gasteiger partial charge in [-0.15, -0.1) is 0 Å². The molecule has 0 bridgehead atoms. The van der Waals surface area contributed by atoms with Gasteiger partial charge in [-0.25, -0.2) is 0 Å². The molecule has 1 saturated carbocycles. The molecule has 14 heteroatoms. The Bertz CT molecular complexity index is 1330. The molecule has 1 aromatic carbocycles. The van der Waals surface area contributed by atoms with E-state index in [9.17, 15) is 19.2 Å². The molecule has 14 nitrogen and oxygen atoms in total. The molecule has 1 aromatic rings. The van der Waals surface area contributed by atoms with Crippen LogP contribution in [-0.4, -0.2) is 104 Å². The van der Waals surface area contributed by atoms with Crippen molar-refractivity contribution in [2.45, 2.75) is 161 Å². The van der Waals surface area contributed by atoms with Gasteiger partial charge in [-0.05, 0) is 32.3 Å². The number of hydrogen-bond acceptors (Lipinski definition) is 13. The Balaban J connectivity index is 1.67. The lowest BCUT2D eigenvalue weighted by atomic mass is 9.78. The summed E-state index contributed by atoms with van der Waals surface area (Å²) in [6, 6.07) is 7.50. The minimum absolute atomic E-state index is 0.211. The van der Waals surface area contributed by atoms with E-state index in [2.05, 4.69) is 17.6 Å². The van der Waals surface area contributed by atoms with Gasteiger partial charge in [-0.1, -0.05) is 69.4 Å². The zero-order valence-corrected chi connectivity index (χ0v) is 32.3. The second kappa shape index (κ2) is 20.5. The maximum atomic E-state index is 12.8. The minimum atomic E-state index is -1.06. The highest BCUT2D eigenvalue weighted by Gasteiger charge is 2.58. The number of hydrogen-bond donors (Lipinski definition) is 2. The number of esters is 3. The Morgan fingerprint density at radius 2 is 1.47 bits per heavy atom. The first-order valence-electron chi connectivity index (χ1n) is 19.0. The summed E-state index contributed by atoms with van der Waals surface area (Å²) in [6.45, 7) is 11.9. The third-order valence-electron chi connectivity index (χ3n) is 9.67. The van der Waals surface area contributed by atoms with E-state index in [0.29, 0.717) is 26.2 Å². The number of carbonyl (C=O) groups is 4. The minimum Gasteiger partial charge on any atom is -0.463 e. The van der Waals surface area contributed by atoms with E-state index in [1.807, 2.05) is 44.2 Å². The normalized spacial score (nSPS) is 30.5. The maximum Gasteiger partial charge on any atom is 0.303 e. The molecule has 2 heterocycles. The Kier molecular flexibility index (Phi) is 16.5. The number of fused-ring (bicyclic) bond motifs is 1. The van der Waals surface area contributed by atoms with Crippen molar-refractivity contribution in [1.82, 2.24) is 10.6 Å². The van der Waals surface area contributed by atoms with Crippen LogP contribution >= 0.6 is 0 Å². The van der Waals surface area contributed by atoms with Crippen LogP contribution in [0.15, 0.2) is 30.3 Å². The molecule has 2 N–H and O–H groups in total. The molecule has 10 atom stereocenters. The van der Waals surface area contributed by atoms with Crippen LogP contribution in [0.2, 0.25) is 0 Å². The summed E-state index contributed by atoms with van der Waals surface area (Å²) >= 11 is 0. The van der Waals surface area contributed by atoms with Crippen molar-refractivity contribution >= 4 is 23.8 Å². The van der Waals surface area contributed by atoms with Gasteiger partial charge >= 0.3 is 17.9 Å². The molecule has 3 aliphatic rings. The van der Waals surface area contributed by atoms with Crippen molar-refractivity contribution in [3.05, 3.63) is 35.9 Å². The highest BCUT2D eigenvalue weighted by molar-refractivity contribution is 5.73. The largest absolute Gasteiger partial charge is 0.463 e. The van der Waals surface area contributed by atoms with Crippen LogP contribution < -0.4 is 10.6 Å². The van der Waals surface area contributed by atoms with Gasteiger partial charge < -0.3 is 48.5 Å². The monoisotopic (exact) mass is 748 g/mol. The van der Waals surface area contributed by atoms with Gasteiger partial charge in [0.2, 0.25) is 5.91 Å². The number of carbonyl (C=O) groups excluding carboxylic acids is 4. The summed E-state index contributed by atoms with van der Waals surface area (Å²) < 4.78 is 49.0. The number of rotatable bonds is 19. The summed E-state index contributed by atoms with van der Waals surface area (Å²) in [4.78, 5) is 50.0. The molecule has 0 radical (unpaired) electrons. The van der Waals surface area contributed by atoms with Crippen molar-refractivity contribution in [2.75, 3.05) is 19.8 Å². The number of amides is 1.